The fourth-order valence-corrected chi connectivity index (χ4v) is 3.18. The minimum Gasteiger partial charge on any atom is -0.355 e. The molecule has 1 aliphatic heterocycles. The Hall–Kier alpha value is -1.23. The number of anilines is 1. The SMILES string of the molecule is CNC(=O)c1cccnc1N1CCCCC(SC)C1. The molecule has 0 aromatic carbocycles. The topological polar surface area (TPSA) is 45.2 Å². The molecule has 2 heterocycles. The van der Waals surface area contributed by atoms with Crippen LogP contribution in [0.4, 0.5) is 5.82 Å². The van der Waals surface area contributed by atoms with E-state index in [1.165, 1.54) is 19.3 Å². The molecule has 5 heteroatoms. The molecule has 1 aromatic heterocycles. The van der Waals surface area contributed by atoms with E-state index in [9.17, 15) is 4.79 Å². The van der Waals surface area contributed by atoms with Crippen LogP contribution in [0.3, 0.4) is 0 Å². The van der Waals surface area contributed by atoms with Crippen LogP contribution in [0.15, 0.2) is 18.3 Å². The van der Waals surface area contributed by atoms with Crippen molar-refractivity contribution in [1.82, 2.24) is 10.3 Å². The normalized spacial score (nSPS) is 19.9. The minimum atomic E-state index is -0.0620. The first-order chi connectivity index (χ1) is 9.26. The third kappa shape index (κ3) is 3.41. The number of thioether (sulfide) groups is 1. The average molecular weight is 279 g/mol. The summed E-state index contributed by atoms with van der Waals surface area (Å²) in [5.41, 5.74) is 0.673. The number of pyridine rings is 1. The summed E-state index contributed by atoms with van der Waals surface area (Å²) in [5, 5.41) is 3.32. The van der Waals surface area contributed by atoms with Crippen molar-refractivity contribution in [2.75, 3.05) is 31.3 Å². The van der Waals surface area contributed by atoms with E-state index in [-0.39, 0.29) is 5.91 Å². The third-order valence-corrected chi connectivity index (χ3v) is 4.57. The molecular weight excluding hydrogens is 258 g/mol. The first-order valence-corrected chi connectivity index (χ1v) is 8.00. The minimum absolute atomic E-state index is 0.0620. The fraction of sp³-hybridized carbons (Fsp3) is 0.571. The highest BCUT2D eigenvalue weighted by Gasteiger charge is 2.22. The number of carbonyl (C=O) groups excluding carboxylic acids is 1. The molecule has 1 unspecified atom stereocenters. The smallest absolute Gasteiger partial charge is 0.254 e. The van der Waals surface area contributed by atoms with Crippen molar-refractivity contribution in [3.8, 4) is 0 Å². The highest BCUT2D eigenvalue weighted by molar-refractivity contribution is 7.99. The molecule has 1 amide bonds. The molecule has 0 bridgehead atoms. The van der Waals surface area contributed by atoms with Crippen molar-refractivity contribution in [2.45, 2.75) is 24.5 Å². The van der Waals surface area contributed by atoms with Gasteiger partial charge < -0.3 is 10.2 Å². The van der Waals surface area contributed by atoms with Crippen LogP contribution in [-0.4, -0.2) is 42.5 Å². The summed E-state index contributed by atoms with van der Waals surface area (Å²) in [6, 6.07) is 3.66. The van der Waals surface area contributed by atoms with E-state index in [1.807, 2.05) is 23.9 Å². The molecule has 2 rings (SSSR count). The van der Waals surface area contributed by atoms with Crippen LogP contribution in [0.5, 0.6) is 0 Å². The molecule has 0 spiro atoms. The molecule has 1 saturated heterocycles. The maximum Gasteiger partial charge on any atom is 0.254 e. The van der Waals surface area contributed by atoms with E-state index in [1.54, 1.807) is 13.2 Å². The van der Waals surface area contributed by atoms with Gasteiger partial charge in [0.05, 0.1) is 5.56 Å². The van der Waals surface area contributed by atoms with Crippen LogP contribution in [0.1, 0.15) is 29.6 Å². The van der Waals surface area contributed by atoms with E-state index in [2.05, 4.69) is 21.5 Å². The predicted molar refractivity (Wildman–Crippen MR) is 81.0 cm³/mol. The lowest BCUT2D eigenvalue weighted by Gasteiger charge is -2.26. The Kier molecular flexibility index (Phi) is 5.07. The van der Waals surface area contributed by atoms with Gasteiger partial charge in [-0.15, -0.1) is 0 Å². The zero-order chi connectivity index (χ0) is 13.7. The van der Waals surface area contributed by atoms with Crippen LogP contribution in [0.2, 0.25) is 0 Å². The molecule has 1 fully saturated rings. The van der Waals surface area contributed by atoms with Crippen LogP contribution in [-0.2, 0) is 0 Å². The van der Waals surface area contributed by atoms with Crippen molar-refractivity contribution < 1.29 is 4.79 Å². The lowest BCUT2D eigenvalue weighted by molar-refractivity contribution is 0.0963. The van der Waals surface area contributed by atoms with Gasteiger partial charge >= 0.3 is 0 Å². The molecule has 104 valence electrons. The lowest BCUT2D eigenvalue weighted by Crippen LogP contribution is -2.32. The average Bonchev–Trinajstić information content (AvgIpc) is 2.71. The van der Waals surface area contributed by atoms with Gasteiger partial charge in [0, 0.05) is 31.6 Å². The number of rotatable bonds is 3. The lowest BCUT2D eigenvalue weighted by atomic mass is 10.2. The van der Waals surface area contributed by atoms with Gasteiger partial charge in [-0.2, -0.15) is 11.8 Å². The van der Waals surface area contributed by atoms with Crippen LogP contribution in [0.25, 0.3) is 0 Å². The molecule has 0 aliphatic carbocycles. The van der Waals surface area contributed by atoms with Gasteiger partial charge in [-0.25, -0.2) is 4.98 Å². The molecule has 1 atom stereocenters. The second kappa shape index (κ2) is 6.80. The first-order valence-electron chi connectivity index (χ1n) is 6.71. The van der Waals surface area contributed by atoms with Crippen molar-refractivity contribution in [1.29, 1.82) is 0 Å². The number of amides is 1. The molecule has 4 nitrogen and oxygen atoms in total. The number of hydrogen-bond acceptors (Lipinski definition) is 4. The molecule has 0 radical (unpaired) electrons. The second-order valence-electron chi connectivity index (χ2n) is 4.75. The van der Waals surface area contributed by atoms with Crippen molar-refractivity contribution in [2.24, 2.45) is 0 Å². The standard InChI is InChI=1S/C14H21N3OS/c1-15-14(18)12-7-5-8-16-13(12)17-9-4-3-6-11(10-17)19-2/h5,7-8,11H,3-4,6,9-10H2,1-2H3,(H,15,18). The Morgan fingerprint density at radius 2 is 2.37 bits per heavy atom. The molecule has 1 aliphatic rings. The van der Waals surface area contributed by atoms with E-state index >= 15 is 0 Å². The van der Waals surface area contributed by atoms with E-state index < -0.39 is 0 Å². The summed E-state index contributed by atoms with van der Waals surface area (Å²) in [5.74, 6) is 0.760. The summed E-state index contributed by atoms with van der Waals surface area (Å²) in [6.07, 6.45) is 7.60. The Labute approximate surface area is 119 Å². The van der Waals surface area contributed by atoms with Crippen LogP contribution >= 0.6 is 11.8 Å². The third-order valence-electron chi connectivity index (χ3n) is 3.52. The summed E-state index contributed by atoms with van der Waals surface area (Å²) < 4.78 is 0. The summed E-state index contributed by atoms with van der Waals surface area (Å²) >= 11 is 1.91. The molecular formula is C14H21N3OS. The van der Waals surface area contributed by atoms with E-state index in [0.717, 1.165) is 18.9 Å². The number of nitrogens with zero attached hydrogens (tertiary/aromatic N) is 2. The summed E-state index contributed by atoms with van der Waals surface area (Å²) in [6.45, 7) is 1.96. The van der Waals surface area contributed by atoms with Crippen molar-refractivity contribution >= 4 is 23.5 Å². The second-order valence-corrected chi connectivity index (χ2v) is 5.89. The number of carbonyl (C=O) groups is 1. The Balaban J connectivity index is 2.26. The Bertz CT molecular complexity index is 438. The number of aromatic nitrogens is 1. The largest absolute Gasteiger partial charge is 0.355 e. The van der Waals surface area contributed by atoms with Gasteiger partial charge in [0.1, 0.15) is 5.82 Å². The van der Waals surface area contributed by atoms with Gasteiger partial charge in [0.2, 0.25) is 0 Å². The zero-order valence-corrected chi connectivity index (χ0v) is 12.4. The van der Waals surface area contributed by atoms with Crippen molar-refractivity contribution in [3.63, 3.8) is 0 Å². The summed E-state index contributed by atoms with van der Waals surface area (Å²) in [4.78, 5) is 18.6. The van der Waals surface area contributed by atoms with Crippen molar-refractivity contribution in [3.05, 3.63) is 23.9 Å². The molecule has 19 heavy (non-hydrogen) atoms. The predicted octanol–water partition coefficient (Wildman–Crippen LogP) is 2.16. The fourth-order valence-electron chi connectivity index (χ4n) is 2.45. The molecule has 1 aromatic rings. The first kappa shape index (κ1) is 14.2. The highest BCUT2D eigenvalue weighted by atomic mass is 32.2. The number of nitrogens with one attached hydrogen (secondary N) is 1. The highest BCUT2D eigenvalue weighted by Crippen LogP contribution is 2.25. The van der Waals surface area contributed by atoms with Gasteiger partial charge in [0.25, 0.3) is 5.91 Å². The van der Waals surface area contributed by atoms with Gasteiger partial charge in [-0.05, 0) is 31.2 Å². The Morgan fingerprint density at radius 3 is 3.11 bits per heavy atom. The van der Waals surface area contributed by atoms with Crippen LogP contribution in [0, 0.1) is 0 Å². The molecule has 1 N–H and O–H groups in total. The molecule has 0 saturated carbocycles. The quantitative estimate of drug-likeness (QED) is 0.921. The Morgan fingerprint density at radius 1 is 1.53 bits per heavy atom. The number of hydrogen-bond donors (Lipinski definition) is 1. The van der Waals surface area contributed by atoms with E-state index in [0.29, 0.717) is 10.8 Å². The van der Waals surface area contributed by atoms with E-state index in [4.69, 9.17) is 0 Å². The van der Waals surface area contributed by atoms with Gasteiger partial charge in [0.15, 0.2) is 0 Å². The van der Waals surface area contributed by atoms with Gasteiger partial charge in [-0.3, -0.25) is 4.79 Å². The monoisotopic (exact) mass is 279 g/mol. The maximum absolute atomic E-state index is 11.9. The summed E-state index contributed by atoms with van der Waals surface area (Å²) in [7, 11) is 1.66. The zero-order valence-electron chi connectivity index (χ0n) is 11.6. The maximum atomic E-state index is 11.9. The van der Waals surface area contributed by atoms with Crippen LogP contribution < -0.4 is 10.2 Å². The van der Waals surface area contributed by atoms with Gasteiger partial charge in [-0.1, -0.05) is 6.42 Å².